The van der Waals surface area contributed by atoms with Crippen LogP contribution in [0.25, 0.3) is 89.7 Å². The maximum absolute atomic E-state index is 13.2. The summed E-state index contributed by atoms with van der Waals surface area (Å²) in [6.45, 7) is 10.4. The molecule has 8 aromatic heterocycles. The van der Waals surface area contributed by atoms with E-state index < -0.39 is 0 Å². The molecular formula is C70H70F4N22O6. The minimum absolute atomic E-state index is 0.0766. The first-order valence-corrected chi connectivity index (χ1v) is 33.1. The fraction of sp³-hybridized carbons (Fsp3) is 0.314. The van der Waals surface area contributed by atoms with Gasteiger partial charge in [-0.25, -0.2) is 57.4 Å². The van der Waals surface area contributed by atoms with E-state index in [2.05, 4.69) is 89.5 Å². The third-order valence-corrected chi connectivity index (χ3v) is 16.7. The molecule has 4 aliphatic rings. The monoisotopic (exact) mass is 1390 g/mol. The first-order valence-electron chi connectivity index (χ1n) is 33.1. The molecule has 102 heavy (non-hydrogen) atoms. The molecular weight excluding hydrogens is 1320 g/mol. The third kappa shape index (κ3) is 18.3. The molecule has 0 unspecified atom stereocenters. The molecule has 0 bridgehead atoms. The molecule has 2 saturated heterocycles. The van der Waals surface area contributed by atoms with Crippen LogP contribution < -0.4 is 41.9 Å². The van der Waals surface area contributed by atoms with Crippen molar-refractivity contribution in [2.45, 2.75) is 38.5 Å². The number of halogens is 4. The summed E-state index contributed by atoms with van der Waals surface area (Å²) < 4.78 is 86.4. The molecule has 0 atom stereocenters. The number of nitrogens with two attached hydrogens (primary N) is 4. The Kier molecular flexibility index (Phi) is 22.1. The van der Waals surface area contributed by atoms with Gasteiger partial charge in [0.05, 0.1) is 93.8 Å². The highest BCUT2D eigenvalue weighted by Crippen LogP contribution is 2.33. The average molecular weight is 1390 g/mol. The van der Waals surface area contributed by atoms with Crippen molar-refractivity contribution in [1.29, 1.82) is 0 Å². The molecule has 2 aliphatic carbocycles. The van der Waals surface area contributed by atoms with Crippen molar-refractivity contribution >= 4 is 68.4 Å². The van der Waals surface area contributed by atoms with Gasteiger partial charge in [-0.15, -0.1) is 0 Å². The summed E-state index contributed by atoms with van der Waals surface area (Å²) in [5.74, 6) is 1.59. The van der Waals surface area contributed by atoms with E-state index in [-0.39, 0.29) is 47.1 Å². The molecule has 10 heterocycles. The molecule has 28 nitrogen and oxygen atoms in total. The van der Waals surface area contributed by atoms with Crippen LogP contribution in [0.5, 0.6) is 23.5 Å². The first kappa shape index (κ1) is 69.0. The fourth-order valence-electron chi connectivity index (χ4n) is 10.8. The number of aromatic nitrogens is 16. The van der Waals surface area contributed by atoms with E-state index >= 15 is 0 Å². The second-order valence-corrected chi connectivity index (χ2v) is 24.1. The van der Waals surface area contributed by atoms with Gasteiger partial charge in [-0.1, -0.05) is 6.42 Å². The predicted octanol–water partition coefficient (Wildman–Crippen LogP) is 9.01. The van der Waals surface area contributed by atoms with Crippen LogP contribution in [0.1, 0.15) is 38.5 Å². The van der Waals surface area contributed by atoms with Crippen LogP contribution in [0.4, 0.5) is 41.4 Å². The van der Waals surface area contributed by atoms with Crippen LogP contribution in [0, 0.1) is 35.1 Å². The highest BCUT2D eigenvalue weighted by atomic mass is 19.1. The molecule has 16 rings (SSSR count). The minimum atomic E-state index is -0.309. The number of rotatable bonds is 19. The molecule has 0 spiro atoms. The molecule has 4 fully saturated rings. The lowest BCUT2D eigenvalue weighted by Gasteiger charge is -2.26. The molecule has 12 aromatic rings. The number of anilines is 4. The van der Waals surface area contributed by atoms with E-state index in [0.29, 0.717) is 129 Å². The number of hydrogen-bond donors (Lipinski definition) is 4. The van der Waals surface area contributed by atoms with Crippen molar-refractivity contribution < 1.29 is 46.0 Å². The van der Waals surface area contributed by atoms with Gasteiger partial charge in [0.25, 0.3) is 0 Å². The second kappa shape index (κ2) is 32.7. The molecule has 8 N–H and O–H groups in total. The lowest BCUT2D eigenvalue weighted by atomic mass is 9.86. The van der Waals surface area contributed by atoms with E-state index in [4.69, 9.17) is 51.4 Å². The average Bonchev–Trinajstić information content (AvgIpc) is 1.16. The van der Waals surface area contributed by atoms with E-state index in [1.54, 1.807) is 73.3 Å². The normalized spacial score (nSPS) is 14.7. The van der Waals surface area contributed by atoms with Gasteiger partial charge in [-0.2, -0.15) is 39.9 Å². The highest BCUT2D eigenvalue weighted by molar-refractivity contribution is 5.82. The number of nitrogens with zero attached hydrogens (tertiary/aromatic N) is 18. The van der Waals surface area contributed by atoms with Crippen LogP contribution >= 0.6 is 0 Å². The minimum Gasteiger partial charge on any atom is -0.476 e. The van der Waals surface area contributed by atoms with E-state index in [1.165, 1.54) is 80.6 Å². The molecule has 524 valence electrons. The maximum Gasteiger partial charge on any atom is 0.247 e. The van der Waals surface area contributed by atoms with Crippen molar-refractivity contribution in [2.75, 3.05) is 115 Å². The Bertz CT molecular complexity index is 4840. The number of fused-ring (bicyclic) bond motifs is 4. The number of nitrogen functional groups attached to an aromatic ring is 4. The summed E-state index contributed by atoms with van der Waals surface area (Å²) in [5.41, 5.74) is 31.6. The van der Waals surface area contributed by atoms with Crippen LogP contribution in [0.15, 0.2) is 122 Å². The Hall–Kier alpha value is -11.5. The fourth-order valence-corrected chi connectivity index (χ4v) is 10.8. The topological polar surface area (TPSA) is 372 Å². The number of hydrogen-bond acceptors (Lipinski definition) is 28. The van der Waals surface area contributed by atoms with Crippen molar-refractivity contribution in [3.8, 4) is 68.5 Å². The SMILES string of the molecule is Nc1nc(OCC2CC2)c2nc(-c3ccc(F)cc3)cnc2n1.Nc1nc(OCC2CCC2)c2nc(-c3ccc(F)cc3)cnc2n1.Nc1nc(OCCCN2CCOCC2)c2nc(-c3ccc(F)cc3)cnc2n1.Nc1nc(OCCN2CCOCC2)c2nc(-c3ccc(F)cc3)cnc2n1. The molecule has 4 aromatic carbocycles. The van der Waals surface area contributed by atoms with Crippen LogP contribution in [-0.4, -0.2) is 182 Å². The third-order valence-electron chi connectivity index (χ3n) is 16.7. The number of benzene rings is 4. The van der Waals surface area contributed by atoms with Crippen LogP contribution in [-0.2, 0) is 9.47 Å². The Labute approximate surface area is 580 Å². The van der Waals surface area contributed by atoms with E-state index in [1.807, 2.05) is 0 Å². The number of morpholine rings is 2. The van der Waals surface area contributed by atoms with Gasteiger partial charge >= 0.3 is 0 Å². The van der Waals surface area contributed by atoms with E-state index in [0.717, 1.165) is 94.4 Å². The predicted molar refractivity (Wildman–Crippen MR) is 371 cm³/mol. The van der Waals surface area contributed by atoms with Gasteiger partial charge in [0, 0.05) is 61.5 Å². The summed E-state index contributed by atoms with van der Waals surface area (Å²) in [4.78, 5) is 73.0. The molecule has 2 saturated carbocycles. The van der Waals surface area contributed by atoms with E-state index in [9.17, 15) is 17.6 Å². The smallest absolute Gasteiger partial charge is 0.247 e. The Morgan fingerprint density at radius 3 is 0.951 bits per heavy atom. The summed E-state index contributed by atoms with van der Waals surface area (Å²) in [5, 5.41) is 0. The maximum atomic E-state index is 13.2. The Morgan fingerprint density at radius 1 is 0.353 bits per heavy atom. The molecule has 2 aliphatic heterocycles. The van der Waals surface area contributed by atoms with Crippen molar-refractivity contribution in [1.82, 2.24) is 89.5 Å². The quantitative estimate of drug-likeness (QED) is 0.0433. The van der Waals surface area contributed by atoms with Gasteiger partial charge in [-0.05, 0) is 141 Å². The first-order chi connectivity index (χ1) is 49.7. The summed E-state index contributed by atoms with van der Waals surface area (Å²) >= 11 is 0. The summed E-state index contributed by atoms with van der Waals surface area (Å²) in [7, 11) is 0. The molecule has 0 amide bonds. The standard InChI is InChI=1S/C19H21FN6O2.C18H19FN6O2.C17H16FN5O.C16H14FN5O/c20-14-4-2-13(3-5-14)15-12-22-17-16(23-15)18(25-19(21)24-17)28-9-1-6-26-7-10-27-11-8-26;19-13-3-1-12(2-4-13)14-11-21-16-15(22-14)17(24-18(20)23-16)27-10-7-25-5-8-26-9-6-25;18-12-6-4-11(5-7-12)13-8-20-15-14(21-13)16(23-17(19)22-15)24-9-10-2-1-3-10;17-11-5-3-10(4-6-11)12-7-19-14-13(20-12)15(22-16(18)21-14)23-8-9-1-2-9/h2-5,12H,1,6-11H2,(H2,21,22,24,25);1-4,11H,5-10H2,(H2,20,21,23,24);4-8,10H,1-3,9H2,(H2,19,20,22,23);3-7,9H,1-2,8H2,(H2,18,19,21,22). The lowest BCUT2D eigenvalue weighted by molar-refractivity contribution is 0.0321. The second-order valence-electron chi connectivity index (χ2n) is 24.1. The van der Waals surface area contributed by atoms with Gasteiger partial charge < -0.3 is 51.4 Å². The molecule has 32 heteroatoms. The zero-order chi connectivity index (χ0) is 70.3. The highest BCUT2D eigenvalue weighted by Gasteiger charge is 2.25. The zero-order valence-electron chi connectivity index (χ0n) is 55.2. The largest absolute Gasteiger partial charge is 0.476 e. The lowest BCUT2D eigenvalue weighted by Crippen LogP contribution is -2.38. The van der Waals surface area contributed by atoms with Crippen molar-refractivity contribution in [3.63, 3.8) is 0 Å². The van der Waals surface area contributed by atoms with Crippen molar-refractivity contribution in [2.24, 2.45) is 11.8 Å². The summed E-state index contributed by atoms with van der Waals surface area (Å²) in [6.07, 6.45) is 13.1. The van der Waals surface area contributed by atoms with Gasteiger partial charge in [0.2, 0.25) is 47.3 Å². The zero-order valence-corrected chi connectivity index (χ0v) is 55.2. The Morgan fingerprint density at radius 2 is 0.647 bits per heavy atom. The van der Waals surface area contributed by atoms with Gasteiger partial charge in [0.1, 0.15) is 29.9 Å². The van der Waals surface area contributed by atoms with Gasteiger partial charge in [0.15, 0.2) is 44.7 Å². The summed E-state index contributed by atoms with van der Waals surface area (Å²) in [6, 6.07) is 24.2. The van der Waals surface area contributed by atoms with Crippen LogP contribution in [0.3, 0.4) is 0 Å². The number of ether oxygens (including phenoxy) is 6. The van der Waals surface area contributed by atoms with Crippen LogP contribution in [0.2, 0.25) is 0 Å². The van der Waals surface area contributed by atoms with Gasteiger partial charge in [-0.3, -0.25) is 9.80 Å². The molecule has 0 radical (unpaired) electrons. The van der Waals surface area contributed by atoms with Crippen molar-refractivity contribution in [3.05, 3.63) is 145 Å². The Balaban J connectivity index is 0.000000122.